The second-order valence-electron chi connectivity index (χ2n) is 4.77. The summed E-state index contributed by atoms with van der Waals surface area (Å²) >= 11 is 0. The van der Waals surface area contributed by atoms with Crippen LogP contribution in [-0.2, 0) is 6.54 Å². The summed E-state index contributed by atoms with van der Waals surface area (Å²) in [5, 5.41) is 13.8. The third kappa shape index (κ3) is 2.84. The number of nitro benzene ring substituents is 1. The molecule has 0 aliphatic rings. The van der Waals surface area contributed by atoms with E-state index in [1.807, 2.05) is 31.2 Å². The van der Waals surface area contributed by atoms with Gasteiger partial charge in [0.1, 0.15) is 5.52 Å². The summed E-state index contributed by atoms with van der Waals surface area (Å²) in [7, 11) is 0. The molecule has 0 aliphatic heterocycles. The van der Waals surface area contributed by atoms with Gasteiger partial charge < -0.3 is 9.73 Å². The van der Waals surface area contributed by atoms with Gasteiger partial charge in [0.25, 0.3) is 11.7 Å². The van der Waals surface area contributed by atoms with E-state index in [-0.39, 0.29) is 5.69 Å². The maximum atomic E-state index is 10.7. The summed E-state index contributed by atoms with van der Waals surface area (Å²) < 4.78 is 5.48. The Morgan fingerprint density at radius 1 is 1.24 bits per heavy atom. The molecule has 1 heterocycles. The molecule has 0 spiro atoms. The Hall–Kier alpha value is -2.89. The Morgan fingerprint density at radius 3 is 2.71 bits per heavy atom. The average Bonchev–Trinajstić information content (AvgIpc) is 2.88. The third-order valence-electron chi connectivity index (χ3n) is 3.15. The zero-order chi connectivity index (χ0) is 14.8. The van der Waals surface area contributed by atoms with Crippen molar-refractivity contribution in [3.63, 3.8) is 0 Å². The van der Waals surface area contributed by atoms with E-state index >= 15 is 0 Å². The standard InChI is InChI=1S/C15H13N3O3/c1-10-2-4-11(5-3-10)9-16-15-17-13-7-6-12(18(19)20)8-14(13)21-15/h2-8H,9H2,1H3,(H,16,17). The van der Waals surface area contributed by atoms with Crippen molar-refractivity contribution in [2.24, 2.45) is 0 Å². The van der Waals surface area contributed by atoms with Crippen LogP contribution in [0.3, 0.4) is 0 Å². The number of fused-ring (bicyclic) bond motifs is 1. The van der Waals surface area contributed by atoms with Crippen molar-refractivity contribution in [2.75, 3.05) is 5.32 Å². The predicted octanol–water partition coefficient (Wildman–Crippen LogP) is 3.66. The molecule has 0 saturated carbocycles. The van der Waals surface area contributed by atoms with Crippen LogP contribution in [0.5, 0.6) is 0 Å². The lowest BCUT2D eigenvalue weighted by molar-refractivity contribution is -0.384. The van der Waals surface area contributed by atoms with Gasteiger partial charge in [-0.05, 0) is 18.6 Å². The van der Waals surface area contributed by atoms with Gasteiger partial charge in [-0.15, -0.1) is 0 Å². The number of hydrogen-bond acceptors (Lipinski definition) is 5. The number of non-ortho nitro benzene ring substituents is 1. The van der Waals surface area contributed by atoms with Crippen LogP contribution in [0.2, 0.25) is 0 Å². The van der Waals surface area contributed by atoms with Gasteiger partial charge in [-0.1, -0.05) is 29.8 Å². The van der Waals surface area contributed by atoms with Crippen molar-refractivity contribution in [3.8, 4) is 0 Å². The zero-order valence-corrected chi connectivity index (χ0v) is 11.4. The highest BCUT2D eigenvalue weighted by atomic mass is 16.6. The van der Waals surface area contributed by atoms with Gasteiger partial charge in [0.2, 0.25) is 0 Å². The van der Waals surface area contributed by atoms with Crippen molar-refractivity contribution < 1.29 is 9.34 Å². The predicted molar refractivity (Wildman–Crippen MR) is 79.2 cm³/mol. The second-order valence-corrected chi connectivity index (χ2v) is 4.77. The molecule has 21 heavy (non-hydrogen) atoms. The van der Waals surface area contributed by atoms with Crippen molar-refractivity contribution in [3.05, 3.63) is 63.7 Å². The molecule has 6 heteroatoms. The molecule has 0 fully saturated rings. The van der Waals surface area contributed by atoms with Crippen LogP contribution >= 0.6 is 0 Å². The molecule has 0 radical (unpaired) electrons. The number of nitro groups is 1. The topological polar surface area (TPSA) is 81.2 Å². The van der Waals surface area contributed by atoms with E-state index in [1.54, 1.807) is 6.07 Å². The second kappa shape index (κ2) is 5.24. The fraction of sp³-hybridized carbons (Fsp3) is 0.133. The van der Waals surface area contributed by atoms with Gasteiger partial charge in [0.15, 0.2) is 5.58 Å². The maximum Gasteiger partial charge on any atom is 0.295 e. The quantitative estimate of drug-likeness (QED) is 0.583. The highest BCUT2D eigenvalue weighted by Crippen LogP contribution is 2.23. The largest absolute Gasteiger partial charge is 0.423 e. The minimum Gasteiger partial charge on any atom is -0.423 e. The number of benzene rings is 2. The molecule has 6 nitrogen and oxygen atoms in total. The summed E-state index contributed by atoms with van der Waals surface area (Å²) in [6, 6.07) is 12.8. The first-order valence-electron chi connectivity index (χ1n) is 6.46. The van der Waals surface area contributed by atoms with Crippen molar-refractivity contribution in [2.45, 2.75) is 13.5 Å². The molecular weight excluding hydrogens is 270 g/mol. The molecule has 1 aromatic heterocycles. The summed E-state index contributed by atoms with van der Waals surface area (Å²) in [6.07, 6.45) is 0. The first-order chi connectivity index (χ1) is 10.1. The van der Waals surface area contributed by atoms with Crippen LogP contribution in [0.15, 0.2) is 46.9 Å². The van der Waals surface area contributed by atoms with Gasteiger partial charge >= 0.3 is 0 Å². The lowest BCUT2D eigenvalue weighted by atomic mass is 10.1. The number of nitrogens with one attached hydrogen (secondary N) is 1. The highest BCUT2D eigenvalue weighted by Gasteiger charge is 2.11. The van der Waals surface area contributed by atoms with Crippen molar-refractivity contribution in [1.29, 1.82) is 0 Å². The van der Waals surface area contributed by atoms with Crippen LogP contribution < -0.4 is 5.32 Å². The SMILES string of the molecule is Cc1ccc(CNc2nc3ccc([N+](=O)[O-])cc3o2)cc1. The molecule has 0 unspecified atom stereocenters. The van der Waals surface area contributed by atoms with Gasteiger partial charge in [0, 0.05) is 12.6 Å². The van der Waals surface area contributed by atoms with E-state index in [1.165, 1.54) is 17.7 Å². The molecule has 0 amide bonds. The number of nitrogens with zero attached hydrogens (tertiary/aromatic N) is 2. The number of oxazole rings is 1. The Morgan fingerprint density at radius 2 is 2.00 bits per heavy atom. The molecular formula is C15H13N3O3. The van der Waals surface area contributed by atoms with Crippen LogP contribution in [0.25, 0.3) is 11.1 Å². The molecule has 3 aromatic rings. The molecule has 0 bridgehead atoms. The van der Waals surface area contributed by atoms with E-state index in [2.05, 4.69) is 10.3 Å². The number of rotatable bonds is 4. The van der Waals surface area contributed by atoms with Crippen LogP contribution in [0.1, 0.15) is 11.1 Å². The van der Waals surface area contributed by atoms with E-state index in [9.17, 15) is 10.1 Å². The number of hydrogen-bond donors (Lipinski definition) is 1. The minimum absolute atomic E-state index is 0.0104. The van der Waals surface area contributed by atoms with E-state index in [0.29, 0.717) is 23.7 Å². The Kier molecular flexibility index (Phi) is 3.27. The molecule has 0 aliphatic carbocycles. The van der Waals surface area contributed by atoms with Crippen LogP contribution in [-0.4, -0.2) is 9.91 Å². The number of aromatic nitrogens is 1. The molecule has 2 aromatic carbocycles. The minimum atomic E-state index is -0.457. The molecule has 3 rings (SSSR count). The third-order valence-corrected chi connectivity index (χ3v) is 3.15. The lowest BCUT2D eigenvalue weighted by Crippen LogP contribution is -1.99. The van der Waals surface area contributed by atoms with Crippen molar-refractivity contribution >= 4 is 22.8 Å². The van der Waals surface area contributed by atoms with Crippen molar-refractivity contribution in [1.82, 2.24) is 4.98 Å². The highest BCUT2D eigenvalue weighted by molar-refractivity contribution is 5.77. The zero-order valence-electron chi connectivity index (χ0n) is 11.4. The number of aryl methyl sites for hydroxylation is 1. The fourth-order valence-electron chi connectivity index (χ4n) is 1.99. The van der Waals surface area contributed by atoms with E-state index in [4.69, 9.17) is 4.42 Å². The smallest absolute Gasteiger partial charge is 0.295 e. The monoisotopic (exact) mass is 283 g/mol. The normalized spacial score (nSPS) is 10.7. The molecule has 1 N–H and O–H groups in total. The molecule has 106 valence electrons. The first-order valence-corrected chi connectivity index (χ1v) is 6.46. The van der Waals surface area contributed by atoms with Gasteiger partial charge in [-0.25, -0.2) is 0 Å². The maximum absolute atomic E-state index is 10.7. The van der Waals surface area contributed by atoms with Gasteiger partial charge in [-0.2, -0.15) is 4.98 Å². The average molecular weight is 283 g/mol. The number of anilines is 1. The molecule has 0 atom stereocenters. The summed E-state index contributed by atoms with van der Waals surface area (Å²) in [6.45, 7) is 2.61. The Bertz CT molecular complexity index is 794. The van der Waals surface area contributed by atoms with Crippen LogP contribution in [0, 0.1) is 17.0 Å². The summed E-state index contributed by atoms with van der Waals surface area (Å²) in [5.41, 5.74) is 3.29. The van der Waals surface area contributed by atoms with E-state index < -0.39 is 4.92 Å². The Labute approximate surface area is 120 Å². The van der Waals surface area contributed by atoms with E-state index in [0.717, 1.165) is 5.56 Å². The summed E-state index contributed by atoms with van der Waals surface area (Å²) in [4.78, 5) is 14.5. The lowest BCUT2D eigenvalue weighted by Gasteiger charge is -2.02. The Balaban J connectivity index is 1.78. The molecule has 0 saturated heterocycles. The van der Waals surface area contributed by atoms with Crippen LogP contribution in [0.4, 0.5) is 11.7 Å². The van der Waals surface area contributed by atoms with Gasteiger partial charge in [0.05, 0.1) is 11.0 Å². The van der Waals surface area contributed by atoms with Gasteiger partial charge in [-0.3, -0.25) is 10.1 Å². The fourth-order valence-corrected chi connectivity index (χ4v) is 1.99. The first kappa shape index (κ1) is 13.1. The summed E-state index contributed by atoms with van der Waals surface area (Å²) in [5.74, 6) is 0.